The number of rotatable bonds is 4. The quantitative estimate of drug-likeness (QED) is 0.449. The highest BCUT2D eigenvalue weighted by molar-refractivity contribution is 8.00. The minimum Gasteiger partial charge on any atom is -0.383 e. The standard InChI is InChI=1S/C12H13N3S2/c1-16-12-9(7-10(17-12)11(13)14)15-8-5-3-2-4-6-8/h2-7,15H,1H3,(H3,13,14). The van der Waals surface area contributed by atoms with Crippen molar-refractivity contribution in [3.05, 3.63) is 41.3 Å². The molecule has 88 valence electrons. The molecule has 0 aliphatic carbocycles. The van der Waals surface area contributed by atoms with Gasteiger partial charge in [-0.1, -0.05) is 18.2 Å². The fraction of sp³-hybridized carbons (Fsp3) is 0.0833. The molecule has 0 bridgehead atoms. The minimum absolute atomic E-state index is 0.117. The van der Waals surface area contributed by atoms with E-state index in [4.69, 9.17) is 11.1 Å². The maximum atomic E-state index is 7.45. The van der Waals surface area contributed by atoms with Gasteiger partial charge in [-0.3, -0.25) is 5.41 Å². The molecule has 0 aliphatic rings. The Morgan fingerprint density at radius 3 is 2.65 bits per heavy atom. The molecule has 3 nitrogen and oxygen atoms in total. The molecule has 17 heavy (non-hydrogen) atoms. The number of thioether (sulfide) groups is 1. The molecular weight excluding hydrogens is 250 g/mol. The molecule has 4 N–H and O–H groups in total. The van der Waals surface area contributed by atoms with Crippen LogP contribution in [0.3, 0.4) is 0 Å². The predicted molar refractivity (Wildman–Crippen MR) is 76.8 cm³/mol. The Morgan fingerprint density at radius 1 is 1.35 bits per heavy atom. The van der Waals surface area contributed by atoms with E-state index in [2.05, 4.69) is 5.32 Å². The molecule has 0 fully saturated rings. The summed E-state index contributed by atoms with van der Waals surface area (Å²) in [5.41, 5.74) is 7.55. The van der Waals surface area contributed by atoms with Crippen molar-refractivity contribution in [3.63, 3.8) is 0 Å². The first-order valence-electron chi connectivity index (χ1n) is 5.05. The van der Waals surface area contributed by atoms with E-state index >= 15 is 0 Å². The predicted octanol–water partition coefficient (Wildman–Crippen LogP) is 3.50. The summed E-state index contributed by atoms with van der Waals surface area (Å²) in [4.78, 5) is 0.799. The molecule has 0 aliphatic heterocycles. The van der Waals surface area contributed by atoms with Crippen LogP contribution < -0.4 is 11.1 Å². The fourth-order valence-corrected chi connectivity index (χ4v) is 3.06. The van der Waals surface area contributed by atoms with Gasteiger partial charge in [0.15, 0.2) is 0 Å². The molecule has 0 saturated heterocycles. The Kier molecular flexibility index (Phi) is 3.71. The molecule has 0 saturated carbocycles. The average Bonchev–Trinajstić information content (AvgIpc) is 2.74. The number of amidine groups is 1. The lowest BCUT2D eigenvalue weighted by Crippen LogP contribution is -2.08. The maximum Gasteiger partial charge on any atom is 0.133 e. The van der Waals surface area contributed by atoms with E-state index < -0.39 is 0 Å². The van der Waals surface area contributed by atoms with Gasteiger partial charge in [0.05, 0.1) is 14.8 Å². The first kappa shape index (κ1) is 12.0. The van der Waals surface area contributed by atoms with Gasteiger partial charge in [-0.25, -0.2) is 0 Å². The summed E-state index contributed by atoms with van der Waals surface area (Å²) in [6.45, 7) is 0. The van der Waals surface area contributed by atoms with E-state index in [1.54, 1.807) is 11.8 Å². The Labute approximate surface area is 109 Å². The molecule has 5 heteroatoms. The second kappa shape index (κ2) is 5.25. The highest BCUT2D eigenvalue weighted by Crippen LogP contribution is 2.36. The zero-order valence-corrected chi connectivity index (χ0v) is 11.0. The zero-order valence-electron chi connectivity index (χ0n) is 9.36. The van der Waals surface area contributed by atoms with E-state index in [1.165, 1.54) is 11.3 Å². The first-order chi connectivity index (χ1) is 8.20. The van der Waals surface area contributed by atoms with Crippen molar-refractivity contribution in [2.45, 2.75) is 4.21 Å². The van der Waals surface area contributed by atoms with Crippen molar-refractivity contribution >= 4 is 40.3 Å². The van der Waals surface area contributed by atoms with Crippen molar-refractivity contribution in [1.82, 2.24) is 0 Å². The normalized spacial score (nSPS) is 10.2. The van der Waals surface area contributed by atoms with Crippen molar-refractivity contribution in [2.75, 3.05) is 11.6 Å². The fourth-order valence-electron chi connectivity index (χ4n) is 1.42. The third-order valence-electron chi connectivity index (χ3n) is 2.20. The Morgan fingerprint density at radius 2 is 2.06 bits per heavy atom. The van der Waals surface area contributed by atoms with E-state index in [0.717, 1.165) is 20.5 Å². The van der Waals surface area contributed by atoms with Crippen LogP contribution in [0, 0.1) is 5.41 Å². The van der Waals surface area contributed by atoms with Crippen molar-refractivity contribution in [3.8, 4) is 0 Å². The minimum atomic E-state index is 0.117. The molecule has 0 spiro atoms. The highest BCUT2D eigenvalue weighted by Gasteiger charge is 2.10. The summed E-state index contributed by atoms with van der Waals surface area (Å²) in [5.74, 6) is 0.117. The smallest absolute Gasteiger partial charge is 0.133 e. The van der Waals surface area contributed by atoms with Crippen molar-refractivity contribution in [1.29, 1.82) is 5.41 Å². The largest absolute Gasteiger partial charge is 0.383 e. The molecule has 1 heterocycles. The Hall–Kier alpha value is -1.46. The van der Waals surface area contributed by atoms with Crippen LogP contribution in [0.4, 0.5) is 11.4 Å². The summed E-state index contributed by atoms with van der Waals surface area (Å²) in [5, 5.41) is 10.8. The third kappa shape index (κ3) is 2.81. The number of anilines is 2. The van der Waals surface area contributed by atoms with Crippen LogP contribution in [0.15, 0.2) is 40.6 Å². The monoisotopic (exact) mass is 263 g/mol. The Bertz CT molecular complexity index is 520. The van der Waals surface area contributed by atoms with Gasteiger partial charge >= 0.3 is 0 Å². The van der Waals surface area contributed by atoms with Gasteiger partial charge in [-0.05, 0) is 24.5 Å². The van der Waals surface area contributed by atoms with Crippen LogP contribution in [-0.2, 0) is 0 Å². The summed E-state index contributed by atoms with van der Waals surface area (Å²) in [7, 11) is 0. The van der Waals surface area contributed by atoms with Crippen LogP contribution in [0.5, 0.6) is 0 Å². The number of hydrogen-bond donors (Lipinski definition) is 3. The number of thiophene rings is 1. The number of hydrogen-bond acceptors (Lipinski definition) is 4. The van der Waals surface area contributed by atoms with Crippen LogP contribution in [0.25, 0.3) is 0 Å². The number of benzene rings is 1. The van der Waals surface area contributed by atoms with Crippen LogP contribution in [0.2, 0.25) is 0 Å². The van der Waals surface area contributed by atoms with Gasteiger partial charge < -0.3 is 11.1 Å². The number of para-hydroxylation sites is 1. The lowest BCUT2D eigenvalue weighted by molar-refractivity contribution is 1.45. The van der Waals surface area contributed by atoms with Crippen LogP contribution in [0.1, 0.15) is 4.88 Å². The molecule has 0 atom stereocenters. The van der Waals surface area contributed by atoms with E-state index in [9.17, 15) is 0 Å². The van der Waals surface area contributed by atoms with Gasteiger partial charge in [0.1, 0.15) is 5.84 Å². The summed E-state index contributed by atoms with van der Waals surface area (Å²) >= 11 is 3.19. The zero-order chi connectivity index (χ0) is 12.3. The van der Waals surface area contributed by atoms with E-state index in [1.807, 2.05) is 42.7 Å². The number of nitrogens with two attached hydrogens (primary N) is 1. The molecular formula is C12H13N3S2. The van der Waals surface area contributed by atoms with Gasteiger partial charge in [-0.2, -0.15) is 0 Å². The van der Waals surface area contributed by atoms with Crippen molar-refractivity contribution < 1.29 is 0 Å². The first-order valence-corrected chi connectivity index (χ1v) is 7.09. The number of nitrogens with one attached hydrogen (secondary N) is 2. The average molecular weight is 263 g/mol. The summed E-state index contributed by atoms with van der Waals surface area (Å²) in [6.07, 6.45) is 2.02. The second-order valence-electron chi connectivity index (χ2n) is 3.42. The van der Waals surface area contributed by atoms with E-state index in [0.29, 0.717) is 0 Å². The molecule has 0 amide bonds. The summed E-state index contributed by atoms with van der Waals surface area (Å²) in [6, 6.07) is 11.9. The molecule has 2 aromatic rings. The lowest BCUT2D eigenvalue weighted by atomic mass is 10.3. The van der Waals surface area contributed by atoms with Gasteiger partial charge in [0, 0.05) is 5.69 Å². The molecule has 2 rings (SSSR count). The maximum absolute atomic E-state index is 7.45. The van der Waals surface area contributed by atoms with Crippen LogP contribution in [-0.4, -0.2) is 12.1 Å². The molecule has 0 unspecified atom stereocenters. The van der Waals surface area contributed by atoms with Crippen molar-refractivity contribution in [2.24, 2.45) is 5.73 Å². The second-order valence-corrected chi connectivity index (χ2v) is 5.55. The third-order valence-corrected chi connectivity index (χ3v) is 4.51. The lowest BCUT2D eigenvalue weighted by Gasteiger charge is -2.05. The van der Waals surface area contributed by atoms with Gasteiger partial charge in [0.2, 0.25) is 0 Å². The Balaban J connectivity index is 2.29. The molecule has 0 radical (unpaired) electrons. The summed E-state index contributed by atoms with van der Waals surface area (Å²) < 4.78 is 1.14. The van der Waals surface area contributed by atoms with E-state index in [-0.39, 0.29) is 5.84 Å². The van der Waals surface area contributed by atoms with Gasteiger partial charge in [0.25, 0.3) is 0 Å². The SMILES string of the molecule is CSc1sc(C(=N)N)cc1Nc1ccccc1. The van der Waals surface area contributed by atoms with Crippen LogP contribution >= 0.6 is 23.1 Å². The van der Waals surface area contributed by atoms with Gasteiger partial charge in [-0.15, -0.1) is 23.1 Å². The number of nitrogen functional groups attached to an aromatic ring is 1. The molecule has 1 aromatic carbocycles. The molecule has 1 aromatic heterocycles. The topological polar surface area (TPSA) is 61.9 Å². The highest BCUT2D eigenvalue weighted by atomic mass is 32.2.